The van der Waals surface area contributed by atoms with Crippen LogP contribution in [0.25, 0.3) is 0 Å². The van der Waals surface area contributed by atoms with Crippen LogP contribution >= 0.6 is 0 Å². The van der Waals surface area contributed by atoms with Gasteiger partial charge in [-0.3, -0.25) is 4.79 Å². The Kier molecular flexibility index (Phi) is 5.51. The third kappa shape index (κ3) is 4.26. The lowest BCUT2D eigenvalue weighted by Crippen LogP contribution is -2.48. The van der Waals surface area contributed by atoms with E-state index >= 15 is 0 Å². The molecule has 2 rings (SSSR count). The Morgan fingerprint density at radius 1 is 1.41 bits per heavy atom. The zero-order valence-corrected chi connectivity index (χ0v) is 13.2. The number of carbonyl (C=O) groups excluding carboxylic acids is 1. The van der Waals surface area contributed by atoms with Crippen molar-refractivity contribution >= 4 is 5.91 Å². The molecule has 1 aromatic rings. The number of rotatable bonds is 5. The van der Waals surface area contributed by atoms with Gasteiger partial charge in [0.15, 0.2) is 0 Å². The van der Waals surface area contributed by atoms with E-state index in [9.17, 15) is 13.6 Å². The van der Waals surface area contributed by atoms with E-state index in [1.807, 2.05) is 0 Å². The van der Waals surface area contributed by atoms with E-state index < -0.39 is 11.8 Å². The van der Waals surface area contributed by atoms with Crippen LogP contribution in [0.1, 0.15) is 32.3 Å². The van der Waals surface area contributed by atoms with Crippen molar-refractivity contribution in [2.24, 2.45) is 5.92 Å². The molecular formula is C17H24F2N2O. The molecule has 122 valence electrons. The number of nitrogens with one attached hydrogen (secondary N) is 1. The Morgan fingerprint density at radius 2 is 2.09 bits per heavy atom. The molecule has 0 radical (unpaired) electrons. The highest BCUT2D eigenvalue weighted by molar-refractivity contribution is 5.84. The van der Waals surface area contributed by atoms with E-state index in [1.54, 1.807) is 13.0 Å². The van der Waals surface area contributed by atoms with Crippen molar-refractivity contribution in [2.45, 2.75) is 38.7 Å². The fourth-order valence-electron chi connectivity index (χ4n) is 2.98. The van der Waals surface area contributed by atoms with Crippen LogP contribution in [-0.2, 0) is 10.7 Å². The first-order valence-electron chi connectivity index (χ1n) is 7.86. The van der Waals surface area contributed by atoms with Crippen molar-refractivity contribution in [1.29, 1.82) is 0 Å². The SMILES string of the molecule is C[C@@H]1CCCN(C[C@H](C)NC(=O)C(F)(F)c2ccccc2)C1. The summed E-state index contributed by atoms with van der Waals surface area (Å²) in [5.74, 6) is -4.09. The van der Waals surface area contributed by atoms with Crippen molar-refractivity contribution in [1.82, 2.24) is 10.2 Å². The highest BCUT2D eigenvalue weighted by atomic mass is 19.3. The minimum absolute atomic E-state index is 0.272. The second-order valence-corrected chi connectivity index (χ2v) is 6.32. The lowest BCUT2D eigenvalue weighted by Gasteiger charge is -2.33. The second-order valence-electron chi connectivity index (χ2n) is 6.32. The first-order valence-corrected chi connectivity index (χ1v) is 7.86. The molecule has 0 spiro atoms. The van der Waals surface area contributed by atoms with Crippen molar-refractivity contribution in [3.05, 3.63) is 35.9 Å². The summed E-state index contributed by atoms with van der Waals surface area (Å²) in [6.45, 7) is 6.52. The molecule has 2 atom stereocenters. The van der Waals surface area contributed by atoms with Crippen LogP contribution in [0.15, 0.2) is 30.3 Å². The van der Waals surface area contributed by atoms with Gasteiger partial charge >= 0.3 is 5.92 Å². The van der Waals surface area contributed by atoms with Gasteiger partial charge in [-0.2, -0.15) is 8.78 Å². The quantitative estimate of drug-likeness (QED) is 0.907. The summed E-state index contributed by atoms with van der Waals surface area (Å²) in [6.07, 6.45) is 2.34. The van der Waals surface area contributed by atoms with Crippen molar-refractivity contribution in [3.8, 4) is 0 Å². The predicted octanol–water partition coefficient (Wildman–Crippen LogP) is 3.02. The highest BCUT2D eigenvalue weighted by Crippen LogP contribution is 2.28. The van der Waals surface area contributed by atoms with Gasteiger partial charge in [0.1, 0.15) is 0 Å². The Bertz CT molecular complexity index is 493. The van der Waals surface area contributed by atoms with Gasteiger partial charge in [-0.05, 0) is 32.2 Å². The number of alkyl halides is 2. The van der Waals surface area contributed by atoms with Crippen molar-refractivity contribution in [2.75, 3.05) is 19.6 Å². The Hall–Kier alpha value is -1.49. The monoisotopic (exact) mass is 310 g/mol. The molecule has 1 N–H and O–H groups in total. The summed E-state index contributed by atoms with van der Waals surface area (Å²) >= 11 is 0. The summed E-state index contributed by atoms with van der Waals surface area (Å²) in [5, 5.41) is 2.45. The third-order valence-electron chi connectivity index (χ3n) is 4.07. The van der Waals surface area contributed by atoms with E-state index in [-0.39, 0.29) is 11.6 Å². The molecule has 1 aliphatic heterocycles. The molecule has 22 heavy (non-hydrogen) atoms. The first-order chi connectivity index (χ1) is 10.4. The van der Waals surface area contributed by atoms with E-state index in [2.05, 4.69) is 17.1 Å². The molecule has 0 aromatic heterocycles. The van der Waals surface area contributed by atoms with E-state index in [0.717, 1.165) is 19.5 Å². The van der Waals surface area contributed by atoms with Crippen LogP contribution in [0.3, 0.4) is 0 Å². The number of hydrogen-bond donors (Lipinski definition) is 1. The van der Waals surface area contributed by atoms with Gasteiger partial charge in [0.05, 0.1) is 0 Å². The molecule has 3 nitrogen and oxygen atoms in total. The average molecular weight is 310 g/mol. The van der Waals surface area contributed by atoms with Gasteiger partial charge in [-0.1, -0.05) is 37.3 Å². The Morgan fingerprint density at radius 3 is 2.73 bits per heavy atom. The highest BCUT2D eigenvalue weighted by Gasteiger charge is 2.41. The lowest BCUT2D eigenvalue weighted by molar-refractivity contribution is -0.147. The largest absolute Gasteiger partial charge is 0.349 e. The Balaban J connectivity index is 1.90. The number of amides is 1. The average Bonchev–Trinajstić information content (AvgIpc) is 2.48. The zero-order chi connectivity index (χ0) is 16.2. The standard InChI is InChI=1S/C17H24F2N2O/c1-13-7-6-10-21(11-13)12-14(2)20-16(22)17(18,19)15-8-4-3-5-9-15/h3-5,8-9,13-14H,6-7,10-12H2,1-2H3,(H,20,22)/t13-,14+/m1/s1. The molecule has 1 aromatic carbocycles. The molecule has 1 heterocycles. The number of nitrogens with zero attached hydrogens (tertiary/aromatic N) is 1. The maximum absolute atomic E-state index is 14.1. The smallest absolute Gasteiger partial charge is 0.347 e. The Labute approximate surface area is 130 Å². The van der Waals surface area contributed by atoms with Crippen LogP contribution in [0.5, 0.6) is 0 Å². The van der Waals surface area contributed by atoms with Crippen LogP contribution < -0.4 is 5.32 Å². The van der Waals surface area contributed by atoms with Gasteiger partial charge in [0.25, 0.3) is 5.91 Å². The summed E-state index contributed by atoms with van der Waals surface area (Å²) in [7, 11) is 0. The number of carbonyl (C=O) groups is 1. The number of likely N-dealkylation sites (tertiary alicyclic amines) is 1. The van der Waals surface area contributed by atoms with Crippen LogP contribution in [0, 0.1) is 5.92 Å². The minimum Gasteiger partial charge on any atom is -0.347 e. The van der Waals surface area contributed by atoms with E-state index in [0.29, 0.717) is 12.5 Å². The normalized spacial score (nSPS) is 21.4. The maximum atomic E-state index is 14.1. The molecule has 5 heteroatoms. The predicted molar refractivity (Wildman–Crippen MR) is 82.8 cm³/mol. The summed E-state index contributed by atoms with van der Waals surface area (Å²) in [5.41, 5.74) is -0.272. The first kappa shape index (κ1) is 16.9. The topological polar surface area (TPSA) is 32.3 Å². The number of hydrogen-bond acceptors (Lipinski definition) is 2. The fraction of sp³-hybridized carbons (Fsp3) is 0.588. The number of halogens is 2. The fourth-order valence-corrected chi connectivity index (χ4v) is 2.98. The van der Waals surface area contributed by atoms with Crippen molar-refractivity contribution < 1.29 is 13.6 Å². The summed E-state index contributed by atoms with van der Waals surface area (Å²) in [4.78, 5) is 14.1. The summed E-state index contributed by atoms with van der Waals surface area (Å²) in [6, 6.07) is 6.92. The van der Waals surface area contributed by atoms with E-state index in [1.165, 1.54) is 30.7 Å². The number of piperidine rings is 1. The van der Waals surface area contributed by atoms with Crippen LogP contribution in [-0.4, -0.2) is 36.5 Å². The summed E-state index contributed by atoms with van der Waals surface area (Å²) < 4.78 is 28.2. The molecule has 1 saturated heterocycles. The zero-order valence-electron chi connectivity index (χ0n) is 13.2. The van der Waals surface area contributed by atoms with Crippen molar-refractivity contribution in [3.63, 3.8) is 0 Å². The second kappa shape index (κ2) is 7.18. The minimum atomic E-state index is -3.50. The molecule has 0 aliphatic carbocycles. The van der Waals surface area contributed by atoms with Gasteiger partial charge in [-0.15, -0.1) is 0 Å². The van der Waals surface area contributed by atoms with Gasteiger partial charge in [-0.25, -0.2) is 0 Å². The molecular weight excluding hydrogens is 286 g/mol. The van der Waals surface area contributed by atoms with Gasteiger partial charge in [0, 0.05) is 24.7 Å². The molecule has 0 bridgehead atoms. The van der Waals surface area contributed by atoms with E-state index in [4.69, 9.17) is 0 Å². The molecule has 1 fully saturated rings. The molecule has 1 amide bonds. The maximum Gasteiger partial charge on any atom is 0.349 e. The molecule has 0 unspecified atom stereocenters. The van der Waals surface area contributed by atoms with Crippen LogP contribution in [0.2, 0.25) is 0 Å². The van der Waals surface area contributed by atoms with Gasteiger partial charge in [0.2, 0.25) is 0 Å². The lowest BCUT2D eigenvalue weighted by atomic mass is 10.00. The molecule has 1 aliphatic rings. The third-order valence-corrected chi connectivity index (χ3v) is 4.07. The number of benzene rings is 1. The van der Waals surface area contributed by atoms with Crippen LogP contribution in [0.4, 0.5) is 8.78 Å². The van der Waals surface area contributed by atoms with Gasteiger partial charge < -0.3 is 10.2 Å². The molecule has 0 saturated carbocycles.